The first-order chi connectivity index (χ1) is 15.6. The molecule has 0 atom stereocenters. The third-order valence-corrected chi connectivity index (χ3v) is 5.93. The summed E-state index contributed by atoms with van der Waals surface area (Å²) in [4.78, 5) is 6.51. The average molecular weight is 397 g/mol. The molecule has 5 heteroatoms. The average Bonchev–Trinajstić information content (AvgIpc) is 3.16. The number of hydrogen-bond acceptors (Lipinski definition) is 3. The molecule has 30 heavy (non-hydrogen) atoms. The predicted octanol–water partition coefficient (Wildman–Crippen LogP) is 4.56. The van der Waals surface area contributed by atoms with E-state index in [1.54, 1.807) is 6.07 Å². The molecule has 0 fully saturated rings. The first-order valence-electron chi connectivity index (χ1n) is 11.6. The molecule has 0 bridgehead atoms. The first-order valence-corrected chi connectivity index (χ1v) is 10.1. The Hall–Kier alpha value is -3.34. The van der Waals surface area contributed by atoms with Crippen molar-refractivity contribution in [3.8, 4) is 11.1 Å². The molecular weight excluding hydrogens is 369 g/mol. The summed E-state index contributed by atoms with van der Waals surface area (Å²) in [5.41, 5.74) is 6.62. The Labute approximate surface area is 181 Å². The number of pyridine rings is 2. The summed E-state index contributed by atoms with van der Waals surface area (Å²) in [6.45, 7) is 3.77. The van der Waals surface area contributed by atoms with Crippen molar-refractivity contribution in [1.29, 1.82) is 0 Å². The minimum absolute atomic E-state index is 0.0608. The number of aryl methyl sites for hydroxylation is 4. The molecule has 0 spiro atoms. The second kappa shape index (κ2) is 6.87. The van der Waals surface area contributed by atoms with Crippen LogP contribution in [0.2, 0.25) is 6.82 Å². The molecule has 1 aliphatic rings. The van der Waals surface area contributed by atoms with Crippen molar-refractivity contribution in [2.75, 3.05) is 4.81 Å². The number of nitrogens with zero attached hydrogens (tertiary/aromatic N) is 3. The Morgan fingerprint density at radius 3 is 2.70 bits per heavy atom. The van der Waals surface area contributed by atoms with Crippen LogP contribution in [0.5, 0.6) is 0 Å². The van der Waals surface area contributed by atoms with Crippen molar-refractivity contribution in [3.05, 3.63) is 77.2 Å². The number of rotatable bonds is 2. The van der Waals surface area contributed by atoms with Crippen LogP contribution in [0, 0.1) is 20.7 Å². The van der Waals surface area contributed by atoms with E-state index < -0.39 is 6.85 Å². The molecule has 0 saturated heterocycles. The summed E-state index contributed by atoms with van der Waals surface area (Å²) in [6.07, 6.45) is 6.25. The maximum Gasteiger partial charge on any atom is 0.447 e. The highest BCUT2D eigenvalue weighted by atomic mass is 16.3. The molecule has 0 saturated carbocycles. The Balaban J connectivity index is 1.58. The van der Waals surface area contributed by atoms with Gasteiger partial charge in [0.25, 0.3) is 5.82 Å². The number of hydrogen-bond donors (Lipinski definition) is 0. The lowest BCUT2D eigenvalue weighted by Crippen LogP contribution is -2.50. The van der Waals surface area contributed by atoms with Gasteiger partial charge in [0.15, 0.2) is 0 Å². The summed E-state index contributed by atoms with van der Waals surface area (Å²) >= 11 is 0. The van der Waals surface area contributed by atoms with Crippen molar-refractivity contribution in [2.24, 2.45) is 7.05 Å². The highest BCUT2D eigenvalue weighted by Gasteiger charge is 2.38. The van der Waals surface area contributed by atoms with Gasteiger partial charge in [-0.3, -0.25) is 4.81 Å². The lowest BCUT2D eigenvalue weighted by atomic mass is 9.57. The van der Waals surface area contributed by atoms with E-state index in [1.807, 2.05) is 26.1 Å². The minimum Gasteiger partial charge on any atom is -0.447 e. The topological polar surface area (TPSA) is 33.2 Å². The zero-order chi connectivity index (χ0) is 23.5. The van der Waals surface area contributed by atoms with E-state index in [2.05, 4.69) is 70.8 Å². The number of fused-ring (bicyclic) bond motifs is 3. The van der Waals surface area contributed by atoms with E-state index in [-0.39, 0.29) is 12.5 Å². The minimum atomic E-state index is -2.27. The third-order valence-electron chi connectivity index (χ3n) is 5.93. The molecule has 4 heterocycles. The van der Waals surface area contributed by atoms with Crippen LogP contribution in [-0.2, 0) is 7.05 Å². The van der Waals surface area contributed by atoms with E-state index >= 15 is 0 Å². The van der Waals surface area contributed by atoms with E-state index in [0.29, 0.717) is 5.71 Å². The molecule has 0 aliphatic carbocycles. The van der Waals surface area contributed by atoms with E-state index in [0.717, 1.165) is 28.0 Å². The van der Waals surface area contributed by atoms with E-state index in [4.69, 9.17) is 8.53 Å². The van der Waals surface area contributed by atoms with Gasteiger partial charge in [0.05, 0.1) is 24.8 Å². The molecule has 1 aromatic carbocycles. The summed E-state index contributed by atoms with van der Waals surface area (Å²) in [6, 6.07) is 14.2. The Morgan fingerprint density at radius 2 is 1.93 bits per heavy atom. The van der Waals surface area contributed by atoms with Gasteiger partial charge >= 0.3 is 6.85 Å². The van der Waals surface area contributed by atoms with Crippen molar-refractivity contribution in [3.63, 3.8) is 0 Å². The van der Waals surface area contributed by atoms with Gasteiger partial charge in [-0.05, 0) is 56.4 Å². The highest BCUT2D eigenvalue weighted by molar-refractivity contribution is 6.76. The largest absolute Gasteiger partial charge is 0.447 e. The second-order valence-corrected chi connectivity index (χ2v) is 7.99. The van der Waals surface area contributed by atoms with Crippen molar-refractivity contribution >= 4 is 35.5 Å². The SMILES string of the molecule is [2H]C([2H])([2H])c1cc(C)c2c3c(oc2n1)B(C)N(c1cc(C)c(-c2ccccc2)c[n+]1C)C=C3. The number of anilines is 1. The van der Waals surface area contributed by atoms with Crippen LogP contribution in [0.1, 0.15) is 26.5 Å². The normalized spacial score (nSPS) is 15.1. The molecule has 0 amide bonds. The molecule has 4 nitrogen and oxygen atoms in total. The lowest BCUT2D eigenvalue weighted by Gasteiger charge is -2.22. The fourth-order valence-corrected chi connectivity index (χ4v) is 4.40. The molecular formula is C25H25BN3O+. The van der Waals surface area contributed by atoms with Crippen LogP contribution >= 0.6 is 0 Å². The zero-order valence-electron chi connectivity index (χ0n) is 20.6. The first kappa shape index (κ1) is 15.5. The molecule has 0 N–H and O–H groups in total. The Kier molecular flexibility index (Phi) is 3.55. The quantitative estimate of drug-likeness (QED) is 0.367. The van der Waals surface area contributed by atoms with Gasteiger partial charge in [-0.1, -0.05) is 30.3 Å². The molecule has 0 radical (unpaired) electrons. The standard InChI is InChI=1S/C25H25BN3O/c1-16-14-22(28(5)15-21(16)19-9-7-6-8-10-19)29-12-11-20-23-17(2)13-18(3)27-25(23)30-24(20)26(29)4/h6-15H,1-5H3/q+1/i3D3. The van der Waals surface area contributed by atoms with Crippen LogP contribution in [-0.4, -0.2) is 11.8 Å². The number of benzene rings is 1. The van der Waals surface area contributed by atoms with Gasteiger partial charge in [0.1, 0.15) is 5.66 Å². The van der Waals surface area contributed by atoms with E-state index in [1.165, 1.54) is 16.7 Å². The molecule has 5 rings (SSSR count). The fraction of sp³-hybridized carbons (Fsp3) is 0.200. The molecule has 148 valence electrons. The fourth-order valence-electron chi connectivity index (χ4n) is 4.40. The Bertz CT molecular complexity index is 1410. The van der Waals surface area contributed by atoms with Crippen LogP contribution < -0.4 is 15.0 Å². The van der Waals surface area contributed by atoms with Crippen LogP contribution in [0.15, 0.2) is 59.3 Å². The van der Waals surface area contributed by atoms with Crippen LogP contribution in [0.4, 0.5) is 5.82 Å². The van der Waals surface area contributed by atoms with Gasteiger partial charge in [0, 0.05) is 27.0 Å². The maximum atomic E-state index is 7.72. The third kappa shape index (κ3) is 2.85. The van der Waals surface area contributed by atoms with Crippen LogP contribution in [0.25, 0.3) is 28.3 Å². The van der Waals surface area contributed by atoms with Crippen LogP contribution in [0.3, 0.4) is 0 Å². The molecule has 3 aromatic heterocycles. The second-order valence-electron chi connectivity index (χ2n) is 7.99. The van der Waals surface area contributed by atoms with Gasteiger partial charge < -0.3 is 4.42 Å². The predicted molar refractivity (Wildman–Crippen MR) is 124 cm³/mol. The highest BCUT2D eigenvalue weighted by Crippen LogP contribution is 2.30. The van der Waals surface area contributed by atoms with E-state index in [9.17, 15) is 0 Å². The monoisotopic (exact) mass is 397 g/mol. The molecule has 4 aromatic rings. The number of furan rings is 1. The smallest absolute Gasteiger partial charge is 0.447 e. The van der Waals surface area contributed by atoms with Crippen molar-refractivity contribution in [2.45, 2.75) is 27.5 Å². The zero-order valence-corrected chi connectivity index (χ0v) is 17.6. The van der Waals surface area contributed by atoms with Gasteiger partial charge in [0.2, 0.25) is 5.71 Å². The lowest BCUT2D eigenvalue weighted by molar-refractivity contribution is -0.657. The maximum absolute atomic E-state index is 7.72. The van der Waals surface area contributed by atoms with Gasteiger partial charge in [-0.2, -0.15) is 0 Å². The van der Waals surface area contributed by atoms with Gasteiger partial charge in [-0.25, -0.2) is 9.55 Å². The molecule has 0 unspecified atom stereocenters. The summed E-state index contributed by atoms with van der Waals surface area (Å²) < 4.78 is 31.5. The Morgan fingerprint density at radius 1 is 1.13 bits per heavy atom. The van der Waals surface area contributed by atoms with Crippen molar-refractivity contribution < 1.29 is 13.1 Å². The summed E-state index contributed by atoms with van der Waals surface area (Å²) in [7, 11) is 2.05. The number of aromatic nitrogens is 2. The summed E-state index contributed by atoms with van der Waals surface area (Å²) in [5, 5.41) is 0.876. The molecule has 1 aliphatic heterocycles. The summed E-state index contributed by atoms with van der Waals surface area (Å²) in [5.74, 6) is 1.04. The van der Waals surface area contributed by atoms with Crippen molar-refractivity contribution in [1.82, 2.24) is 4.98 Å². The van der Waals surface area contributed by atoms with Gasteiger partial charge in [-0.15, -0.1) is 0 Å².